The second-order valence-corrected chi connectivity index (χ2v) is 7.72. The third kappa shape index (κ3) is 4.96. The van der Waals surface area contributed by atoms with Gasteiger partial charge in [0.25, 0.3) is 11.5 Å². The van der Waals surface area contributed by atoms with Crippen LogP contribution in [0, 0.1) is 5.82 Å². The maximum absolute atomic E-state index is 13.3. The standard InChI is InChI=1S/C23H28FN3O3/c1-3-20(17-7-10-19(24)11-8-17)25(2)23(30)18-9-12-21(28)27(15-18)16-22(29)26-13-5-4-6-14-26/h7-12,15,20H,3-6,13-14,16H2,1-2H3/t20-/m1/s1. The van der Waals surface area contributed by atoms with E-state index in [9.17, 15) is 18.8 Å². The molecule has 0 saturated carbocycles. The minimum absolute atomic E-state index is 0.0706. The predicted octanol–water partition coefficient (Wildman–Crippen LogP) is 3.22. The van der Waals surface area contributed by atoms with Crippen LogP contribution in [0.2, 0.25) is 0 Å². The summed E-state index contributed by atoms with van der Waals surface area (Å²) < 4.78 is 14.6. The van der Waals surface area contributed by atoms with Gasteiger partial charge in [0, 0.05) is 32.4 Å². The Bertz CT molecular complexity index is 949. The van der Waals surface area contributed by atoms with Gasteiger partial charge in [-0.25, -0.2) is 4.39 Å². The molecule has 1 aliphatic heterocycles. The first-order chi connectivity index (χ1) is 14.4. The molecule has 0 bridgehead atoms. The maximum Gasteiger partial charge on any atom is 0.255 e. The summed E-state index contributed by atoms with van der Waals surface area (Å²) >= 11 is 0. The molecule has 3 rings (SSSR count). The lowest BCUT2D eigenvalue weighted by atomic mass is 10.0. The van der Waals surface area contributed by atoms with Crippen molar-refractivity contribution in [1.82, 2.24) is 14.4 Å². The molecule has 0 N–H and O–H groups in total. The zero-order chi connectivity index (χ0) is 21.7. The molecule has 0 spiro atoms. The summed E-state index contributed by atoms with van der Waals surface area (Å²) in [4.78, 5) is 41.2. The number of benzene rings is 1. The van der Waals surface area contributed by atoms with E-state index in [0.717, 1.165) is 24.8 Å². The molecule has 0 aliphatic carbocycles. The van der Waals surface area contributed by atoms with Gasteiger partial charge in [0.05, 0.1) is 11.6 Å². The van der Waals surface area contributed by atoms with Gasteiger partial charge in [-0.15, -0.1) is 0 Å². The average molecular weight is 413 g/mol. The predicted molar refractivity (Wildman–Crippen MR) is 113 cm³/mol. The highest BCUT2D eigenvalue weighted by Gasteiger charge is 2.23. The summed E-state index contributed by atoms with van der Waals surface area (Å²) in [6.45, 7) is 3.31. The van der Waals surface area contributed by atoms with Crippen LogP contribution in [0.5, 0.6) is 0 Å². The van der Waals surface area contributed by atoms with Crippen LogP contribution in [0.25, 0.3) is 0 Å². The molecule has 1 atom stereocenters. The van der Waals surface area contributed by atoms with Crippen molar-refractivity contribution in [2.45, 2.75) is 45.2 Å². The van der Waals surface area contributed by atoms with Crippen LogP contribution in [0.4, 0.5) is 4.39 Å². The molecule has 2 aromatic rings. The van der Waals surface area contributed by atoms with Crippen molar-refractivity contribution in [3.8, 4) is 0 Å². The van der Waals surface area contributed by atoms with Gasteiger partial charge in [-0.3, -0.25) is 14.4 Å². The molecule has 1 aromatic heterocycles. The van der Waals surface area contributed by atoms with E-state index in [1.165, 1.54) is 35.0 Å². The molecule has 160 valence electrons. The minimum Gasteiger partial charge on any atom is -0.341 e. The van der Waals surface area contributed by atoms with Crippen LogP contribution in [-0.4, -0.2) is 46.3 Å². The zero-order valence-electron chi connectivity index (χ0n) is 17.5. The Morgan fingerprint density at radius 1 is 1.07 bits per heavy atom. The summed E-state index contributed by atoms with van der Waals surface area (Å²) in [6, 6.07) is 8.68. The first-order valence-electron chi connectivity index (χ1n) is 10.4. The number of aromatic nitrogens is 1. The van der Waals surface area contributed by atoms with Crippen molar-refractivity contribution >= 4 is 11.8 Å². The van der Waals surface area contributed by atoms with Gasteiger partial charge in [0.1, 0.15) is 12.4 Å². The number of amides is 2. The first-order valence-corrected chi connectivity index (χ1v) is 10.4. The van der Waals surface area contributed by atoms with Crippen molar-refractivity contribution in [1.29, 1.82) is 0 Å². The SMILES string of the molecule is CC[C@H](c1ccc(F)cc1)N(C)C(=O)c1ccc(=O)n(CC(=O)N2CCCCC2)c1. The topological polar surface area (TPSA) is 62.6 Å². The second-order valence-electron chi connectivity index (χ2n) is 7.72. The highest BCUT2D eigenvalue weighted by Crippen LogP contribution is 2.24. The molecule has 0 radical (unpaired) electrons. The van der Waals surface area contributed by atoms with Gasteiger partial charge in [0.2, 0.25) is 5.91 Å². The molecular formula is C23H28FN3O3. The van der Waals surface area contributed by atoms with Crippen molar-refractivity contribution in [2.24, 2.45) is 0 Å². The smallest absolute Gasteiger partial charge is 0.255 e. The van der Waals surface area contributed by atoms with Crippen LogP contribution in [0.3, 0.4) is 0 Å². The lowest BCUT2D eigenvalue weighted by Gasteiger charge is -2.28. The third-order valence-electron chi connectivity index (χ3n) is 5.67. The molecule has 1 fully saturated rings. The van der Waals surface area contributed by atoms with Crippen molar-refractivity contribution in [3.63, 3.8) is 0 Å². The average Bonchev–Trinajstić information content (AvgIpc) is 2.77. The minimum atomic E-state index is -0.326. The molecular weight excluding hydrogens is 385 g/mol. The highest BCUT2D eigenvalue weighted by atomic mass is 19.1. The maximum atomic E-state index is 13.3. The number of carbonyl (C=O) groups is 2. The van der Waals surface area contributed by atoms with Gasteiger partial charge in [-0.1, -0.05) is 19.1 Å². The summed E-state index contributed by atoms with van der Waals surface area (Å²) in [5, 5.41) is 0. The van der Waals surface area contributed by atoms with E-state index in [0.29, 0.717) is 25.1 Å². The number of likely N-dealkylation sites (tertiary alicyclic amines) is 1. The molecule has 0 unspecified atom stereocenters. The van der Waals surface area contributed by atoms with Crippen LogP contribution in [-0.2, 0) is 11.3 Å². The lowest BCUT2D eigenvalue weighted by Crippen LogP contribution is -2.39. The highest BCUT2D eigenvalue weighted by molar-refractivity contribution is 5.94. The van der Waals surface area contributed by atoms with Crippen molar-refractivity contribution in [2.75, 3.05) is 20.1 Å². The molecule has 2 heterocycles. The summed E-state index contributed by atoms with van der Waals surface area (Å²) in [5.41, 5.74) is 0.859. The Morgan fingerprint density at radius 3 is 2.37 bits per heavy atom. The van der Waals surface area contributed by atoms with Crippen molar-refractivity contribution in [3.05, 3.63) is 69.9 Å². The van der Waals surface area contributed by atoms with Gasteiger partial charge in [-0.2, -0.15) is 0 Å². The molecule has 7 heteroatoms. The van der Waals surface area contributed by atoms with Gasteiger partial charge in [0.15, 0.2) is 0 Å². The third-order valence-corrected chi connectivity index (χ3v) is 5.67. The number of hydrogen-bond donors (Lipinski definition) is 0. The fourth-order valence-electron chi connectivity index (χ4n) is 3.93. The number of carbonyl (C=O) groups excluding carboxylic acids is 2. The van der Waals surface area contributed by atoms with Gasteiger partial charge in [-0.05, 0) is 49.4 Å². The Kier molecular flexibility index (Phi) is 7.03. The molecule has 1 saturated heterocycles. The normalized spacial score (nSPS) is 15.0. The molecule has 1 aromatic carbocycles. The van der Waals surface area contributed by atoms with Crippen LogP contribution < -0.4 is 5.56 Å². The number of nitrogens with zero attached hydrogens (tertiary/aromatic N) is 3. The van der Waals surface area contributed by atoms with E-state index in [-0.39, 0.29) is 35.8 Å². The van der Waals surface area contributed by atoms with E-state index in [1.54, 1.807) is 29.0 Å². The van der Waals surface area contributed by atoms with Crippen LogP contribution in [0.1, 0.15) is 54.6 Å². The number of piperidine rings is 1. The lowest BCUT2D eigenvalue weighted by molar-refractivity contribution is -0.132. The molecule has 1 aliphatic rings. The fourth-order valence-corrected chi connectivity index (χ4v) is 3.93. The van der Waals surface area contributed by atoms with Gasteiger partial charge < -0.3 is 14.4 Å². The van der Waals surface area contributed by atoms with E-state index in [4.69, 9.17) is 0 Å². The van der Waals surface area contributed by atoms with E-state index < -0.39 is 0 Å². The Balaban J connectivity index is 1.78. The monoisotopic (exact) mass is 413 g/mol. The summed E-state index contributed by atoms with van der Waals surface area (Å²) in [7, 11) is 1.69. The molecule has 30 heavy (non-hydrogen) atoms. The first kappa shape index (κ1) is 21.7. The van der Waals surface area contributed by atoms with E-state index >= 15 is 0 Å². The van der Waals surface area contributed by atoms with E-state index in [2.05, 4.69) is 0 Å². The number of pyridine rings is 1. The largest absolute Gasteiger partial charge is 0.341 e. The van der Waals surface area contributed by atoms with E-state index in [1.807, 2.05) is 6.92 Å². The quantitative estimate of drug-likeness (QED) is 0.731. The molecule has 2 amide bonds. The van der Waals surface area contributed by atoms with Crippen LogP contribution >= 0.6 is 0 Å². The van der Waals surface area contributed by atoms with Crippen LogP contribution in [0.15, 0.2) is 47.4 Å². The molecule has 6 nitrogen and oxygen atoms in total. The Morgan fingerprint density at radius 2 is 1.73 bits per heavy atom. The van der Waals surface area contributed by atoms with Crippen molar-refractivity contribution < 1.29 is 14.0 Å². The van der Waals surface area contributed by atoms with Gasteiger partial charge >= 0.3 is 0 Å². The summed E-state index contributed by atoms with van der Waals surface area (Å²) in [5.74, 6) is -0.689. The Labute approximate surface area is 175 Å². The number of rotatable bonds is 6. The fraction of sp³-hybridized carbons (Fsp3) is 0.435. The number of hydrogen-bond acceptors (Lipinski definition) is 3. The second kappa shape index (κ2) is 9.69. The summed E-state index contributed by atoms with van der Waals surface area (Å²) in [6.07, 6.45) is 5.19. The zero-order valence-corrected chi connectivity index (χ0v) is 17.5. The number of halogens is 1. The Hall–Kier alpha value is -2.96.